The van der Waals surface area contributed by atoms with Crippen molar-refractivity contribution < 1.29 is 4.42 Å². The highest BCUT2D eigenvalue weighted by atomic mass is 16.3. The number of fused-ring (bicyclic) bond motifs is 5. The third-order valence-corrected chi connectivity index (χ3v) is 10.3. The summed E-state index contributed by atoms with van der Waals surface area (Å²) in [5, 5.41) is 12.3. The van der Waals surface area contributed by atoms with Crippen LogP contribution >= 0.6 is 0 Å². The molecule has 0 saturated carbocycles. The average molecular weight is 610 g/mol. The van der Waals surface area contributed by atoms with E-state index in [2.05, 4.69) is 168 Å². The lowest BCUT2D eigenvalue weighted by Gasteiger charge is -2.21. The van der Waals surface area contributed by atoms with Crippen LogP contribution in [0.5, 0.6) is 0 Å². The molecule has 0 fully saturated rings. The summed E-state index contributed by atoms with van der Waals surface area (Å²) >= 11 is 0. The first kappa shape index (κ1) is 25.8. The molecule has 0 aliphatic rings. The highest BCUT2D eigenvalue weighted by Crippen LogP contribution is 2.49. The van der Waals surface area contributed by atoms with Crippen molar-refractivity contribution in [1.29, 1.82) is 0 Å². The van der Waals surface area contributed by atoms with Crippen molar-refractivity contribution in [1.82, 2.24) is 4.57 Å². The molecular weight excluding hydrogens is 583 g/mol. The lowest BCUT2D eigenvalue weighted by Crippen LogP contribution is -1.99. The van der Waals surface area contributed by atoms with Crippen molar-refractivity contribution in [2.45, 2.75) is 0 Å². The molecular formula is C46H27NO. The number of para-hydroxylation sites is 3. The van der Waals surface area contributed by atoms with Crippen LogP contribution in [-0.2, 0) is 0 Å². The molecule has 11 aromatic rings. The van der Waals surface area contributed by atoms with Crippen molar-refractivity contribution in [2.75, 3.05) is 0 Å². The van der Waals surface area contributed by atoms with Gasteiger partial charge in [-0.1, -0.05) is 127 Å². The molecule has 2 heterocycles. The minimum absolute atomic E-state index is 0.936. The second-order valence-electron chi connectivity index (χ2n) is 12.8. The monoisotopic (exact) mass is 609 g/mol. The van der Waals surface area contributed by atoms with Crippen LogP contribution in [-0.4, -0.2) is 4.57 Å². The van der Waals surface area contributed by atoms with E-state index in [-0.39, 0.29) is 0 Å². The summed E-state index contributed by atoms with van der Waals surface area (Å²) < 4.78 is 8.81. The highest BCUT2D eigenvalue weighted by Gasteiger charge is 2.23. The summed E-state index contributed by atoms with van der Waals surface area (Å²) in [6, 6.07) is 59.6. The van der Waals surface area contributed by atoms with Crippen molar-refractivity contribution >= 4 is 76.1 Å². The van der Waals surface area contributed by atoms with Crippen LogP contribution in [0.3, 0.4) is 0 Å². The van der Waals surface area contributed by atoms with Gasteiger partial charge >= 0.3 is 0 Å². The van der Waals surface area contributed by atoms with Gasteiger partial charge in [0.05, 0.1) is 16.7 Å². The maximum atomic E-state index is 6.36. The van der Waals surface area contributed by atoms with Crippen LogP contribution in [0.4, 0.5) is 0 Å². The Morgan fingerprint density at radius 1 is 0.354 bits per heavy atom. The SMILES string of the molecule is c1ccc(-n2c3ccccc3c3ccccc32)c(-c2c3ccccc3c(-c3cc4cccc5oc6cccc3c6c45)c3ccccc23)c1. The lowest BCUT2D eigenvalue weighted by molar-refractivity contribution is 0.669. The first-order valence-corrected chi connectivity index (χ1v) is 16.5. The summed E-state index contributed by atoms with van der Waals surface area (Å²) in [6.07, 6.45) is 0. The van der Waals surface area contributed by atoms with Crippen LogP contribution in [0.1, 0.15) is 0 Å². The Kier molecular flexibility index (Phi) is 5.14. The normalized spacial score (nSPS) is 12.2. The summed E-state index contributed by atoms with van der Waals surface area (Å²) in [5.41, 5.74) is 10.4. The summed E-state index contributed by atoms with van der Waals surface area (Å²) in [4.78, 5) is 0. The molecule has 0 unspecified atom stereocenters. The smallest absolute Gasteiger partial charge is 0.136 e. The zero-order valence-corrected chi connectivity index (χ0v) is 25.9. The van der Waals surface area contributed by atoms with Gasteiger partial charge in [0.2, 0.25) is 0 Å². The van der Waals surface area contributed by atoms with E-state index in [0.29, 0.717) is 0 Å². The van der Waals surface area contributed by atoms with E-state index in [1.807, 2.05) is 0 Å². The van der Waals surface area contributed by atoms with Gasteiger partial charge in [0, 0.05) is 27.1 Å². The first-order valence-electron chi connectivity index (χ1n) is 16.5. The predicted molar refractivity (Wildman–Crippen MR) is 203 cm³/mol. The van der Waals surface area contributed by atoms with Gasteiger partial charge in [0.1, 0.15) is 11.2 Å². The average Bonchev–Trinajstić information content (AvgIpc) is 3.70. The van der Waals surface area contributed by atoms with E-state index in [1.54, 1.807) is 0 Å². The molecule has 48 heavy (non-hydrogen) atoms. The van der Waals surface area contributed by atoms with E-state index in [4.69, 9.17) is 4.42 Å². The molecule has 0 aliphatic carbocycles. The summed E-state index contributed by atoms with van der Waals surface area (Å²) in [5.74, 6) is 0. The van der Waals surface area contributed by atoms with E-state index >= 15 is 0 Å². The highest BCUT2D eigenvalue weighted by molar-refractivity contribution is 6.30. The van der Waals surface area contributed by atoms with E-state index in [0.717, 1.165) is 11.2 Å². The molecule has 222 valence electrons. The zero-order valence-electron chi connectivity index (χ0n) is 25.9. The van der Waals surface area contributed by atoms with Gasteiger partial charge in [0.15, 0.2) is 0 Å². The minimum Gasteiger partial charge on any atom is -0.456 e. The molecule has 2 heteroatoms. The Morgan fingerprint density at radius 2 is 0.833 bits per heavy atom. The van der Waals surface area contributed by atoms with Crippen LogP contribution in [0, 0.1) is 0 Å². The lowest BCUT2D eigenvalue weighted by atomic mass is 9.83. The van der Waals surface area contributed by atoms with Crippen molar-refractivity contribution in [3.8, 4) is 27.9 Å². The second-order valence-corrected chi connectivity index (χ2v) is 12.8. The fourth-order valence-electron chi connectivity index (χ4n) is 8.45. The fraction of sp³-hybridized carbons (Fsp3) is 0. The third-order valence-electron chi connectivity index (χ3n) is 10.3. The van der Waals surface area contributed by atoms with Crippen molar-refractivity contribution in [2.24, 2.45) is 0 Å². The van der Waals surface area contributed by atoms with Crippen LogP contribution in [0.15, 0.2) is 168 Å². The summed E-state index contributed by atoms with van der Waals surface area (Å²) in [6.45, 7) is 0. The van der Waals surface area contributed by atoms with E-state index < -0.39 is 0 Å². The second kappa shape index (κ2) is 9.57. The van der Waals surface area contributed by atoms with Crippen molar-refractivity contribution in [3.05, 3.63) is 164 Å². The number of nitrogens with zero attached hydrogens (tertiary/aromatic N) is 1. The Bertz CT molecular complexity index is 2960. The topological polar surface area (TPSA) is 18.1 Å². The Hall–Kier alpha value is -6.38. The third kappa shape index (κ3) is 3.36. The first-order chi connectivity index (χ1) is 23.8. The van der Waals surface area contributed by atoms with Crippen LogP contribution in [0.2, 0.25) is 0 Å². The number of furan rings is 1. The predicted octanol–water partition coefficient (Wildman–Crippen LogP) is 12.9. The van der Waals surface area contributed by atoms with Crippen molar-refractivity contribution in [3.63, 3.8) is 0 Å². The summed E-state index contributed by atoms with van der Waals surface area (Å²) in [7, 11) is 0. The molecule has 2 aromatic heterocycles. The van der Waals surface area contributed by atoms with Gasteiger partial charge in [-0.25, -0.2) is 0 Å². The van der Waals surface area contributed by atoms with E-state index in [1.165, 1.54) is 92.8 Å². The van der Waals surface area contributed by atoms with Gasteiger partial charge in [0.25, 0.3) is 0 Å². The molecule has 2 nitrogen and oxygen atoms in total. The number of benzene rings is 9. The molecule has 0 atom stereocenters. The van der Waals surface area contributed by atoms with Gasteiger partial charge in [-0.3, -0.25) is 0 Å². The number of hydrogen-bond donors (Lipinski definition) is 0. The molecule has 0 saturated heterocycles. The molecule has 0 aliphatic heterocycles. The maximum Gasteiger partial charge on any atom is 0.136 e. The molecule has 0 amide bonds. The van der Waals surface area contributed by atoms with Gasteiger partial charge in [-0.2, -0.15) is 0 Å². The van der Waals surface area contributed by atoms with Gasteiger partial charge in [-0.05, 0) is 85.4 Å². The number of hydrogen-bond acceptors (Lipinski definition) is 1. The van der Waals surface area contributed by atoms with Crippen LogP contribution in [0.25, 0.3) is 104 Å². The Labute approximate surface area is 276 Å². The van der Waals surface area contributed by atoms with Crippen LogP contribution < -0.4 is 0 Å². The Morgan fingerprint density at radius 3 is 1.48 bits per heavy atom. The fourth-order valence-corrected chi connectivity index (χ4v) is 8.45. The molecule has 11 rings (SSSR count). The maximum absolute atomic E-state index is 6.36. The molecule has 0 radical (unpaired) electrons. The Balaban J connectivity index is 1.29. The standard InChI is InChI=1S/C46H27NO/c1-3-18-33-31(16-1)44(36-20-7-10-24-40(36)47-38-22-8-5-14-29(38)30-15-6-9-23-39(30)47)32-17-2-4-19-34(32)45(33)37-27-28-13-11-25-41-43(28)46-35(37)21-12-26-42(46)48-41/h1-27H. The molecule has 0 spiro atoms. The van der Waals surface area contributed by atoms with Gasteiger partial charge in [-0.15, -0.1) is 0 Å². The number of aromatic nitrogens is 1. The molecule has 0 bridgehead atoms. The molecule has 0 N–H and O–H groups in total. The van der Waals surface area contributed by atoms with Gasteiger partial charge < -0.3 is 8.98 Å². The van der Waals surface area contributed by atoms with E-state index in [9.17, 15) is 0 Å². The number of rotatable bonds is 3. The zero-order chi connectivity index (χ0) is 31.3. The minimum atomic E-state index is 0.936. The molecule has 9 aromatic carbocycles. The quantitative estimate of drug-likeness (QED) is 0.144. The largest absolute Gasteiger partial charge is 0.456 e.